The normalized spacial score (nSPS) is 41.4. The first kappa shape index (κ1) is 12.2. The minimum Gasteiger partial charge on any atom is -0.410 e. The van der Waals surface area contributed by atoms with Crippen LogP contribution in [0.5, 0.6) is 0 Å². The van der Waals surface area contributed by atoms with Gasteiger partial charge in [-0.1, -0.05) is 0 Å². The van der Waals surface area contributed by atoms with Crippen molar-refractivity contribution in [1.82, 2.24) is 0 Å². The van der Waals surface area contributed by atoms with E-state index in [4.69, 9.17) is 4.43 Å². The van der Waals surface area contributed by atoms with Gasteiger partial charge in [0.15, 0.2) is 8.32 Å². The second-order valence-corrected chi connectivity index (χ2v) is 11.4. The molecule has 4 heteroatoms. The molecule has 1 unspecified atom stereocenters. The van der Waals surface area contributed by atoms with E-state index in [2.05, 4.69) is 50.6 Å². The van der Waals surface area contributed by atoms with E-state index in [1.807, 2.05) is 0 Å². The van der Waals surface area contributed by atoms with Crippen molar-refractivity contribution >= 4 is 8.32 Å². The fraction of sp³-hybridized carbons (Fsp3) is 1.00. The van der Waals surface area contributed by atoms with Crippen LogP contribution in [0.2, 0.25) is 19.6 Å². The topological polar surface area (TPSA) is 34.0 Å². The molecule has 1 aliphatic heterocycles. The maximum absolute atomic E-state index is 6.38. The van der Waals surface area contributed by atoms with Gasteiger partial charge in [-0.15, -0.1) is 0 Å². The zero-order chi connectivity index (χ0) is 12.2. The van der Waals surface area contributed by atoms with Crippen LogP contribution in [-0.4, -0.2) is 25.5 Å². The summed E-state index contributed by atoms with van der Waals surface area (Å²) >= 11 is 0. The molecule has 1 fully saturated rings. The Balaban J connectivity index is 2.19. The van der Waals surface area contributed by atoms with Crippen LogP contribution in [0.1, 0.15) is 33.6 Å². The summed E-state index contributed by atoms with van der Waals surface area (Å²) in [5.41, 5.74) is -0.0440. The molecule has 92 valence electrons. The fourth-order valence-electron chi connectivity index (χ4n) is 3.21. The highest BCUT2D eigenvalue weighted by molar-refractivity contribution is 6.69. The van der Waals surface area contributed by atoms with Gasteiger partial charge >= 0.3 is 0 Å². The van der Waals surface area contributed by atoms with Gasteiger partial charge in [-0.25, -0.2) is 0 Å². The molecule has 0 spiro atoms. The standard InChI is InChI=1S/C12H24N2OSi/c1-11(2)9-7-8-12(3,10(9)13-14-11)15-16(4,5)6/h9-10H,7-8H2,1-6H3/t9-,10-,12?/m1/s1. The summed E-state index contributed by atoms with van der Waals surface area (Å²) in [5, 5.41) is 8.95. The van der Waals surface area contributed by atoms with Crippen LogP contribution >= 0.6 is 0 Å². The van der Waals surface area contributed by atoms with Crippen molar-refractivity contribution in [3.05, 3.63) is 0 Å². The summed E-state index contributed by atoms with van der Waals surface area (Å²) in [6, 6.07) is 0.286. The van der Waals surface area contributed by atoms with Crippen molar-refractivity contribution in [3.63, 3.8) is 0 Å². The summed E-state index contributed by atoms with van der Waals surface area (Å²) in [6.45, 7) is 13.4. The van der Waals surface area contributed by atoms with Crippen LogP contribution in [0.4, 0.5) is 0 Å². The molecule has 0 aromatic rings. The lowest BCUT2D eigenvalue weighted by Gasteiger charge is -2.36. The lowest BCUT2D eigenvalue weighted by molar-refractivity contribution is 0.0663. The molecule has 0 N–H and O–H groups in total. The Labute approximate surface area is 99.8 Å². The first-order chi connectivity index (χ1) is 7.14. The molecule has 2 aliphatic rings. The van der Waals surface area contributed by atoms with Crippen LogP contribution < -0.4 is 0 Å². The minimum atomic E-state index is -1.50. The molecule has 1 saturated carbocycles. The van der Waals surface area contributed by atoms with E-state index in [1.165, 1.54) is 6.42 Å². The second-order valence-electron chi connectivity index (χ2n) is 6.99. The van der Waals surface area contributed by atoms with Crippen LogP contribution in [0.15, 0.2) is 10.2 Å². The lowest BCUT2D eigenvalue weighted by atomic mass is 9.84. The molecule has 2 rings (SSSR count). The quantitative estimate of drug-likeness (QED) is 0.679. The molecule has 3 atom stereocenters. The van der Waals surface area contributed by atoms with Gasteiger partial charge in [0.25, 0.3) is 0 Å². The van der Waals surface area contributed by atoms with Gasteiger partial charge in [0.05, 0.1) is 11.1 Å². The number of fused-ring (bicyclic) bond motifs is 1. The van der Waals surface area contributed by atoms with Gasteiger partial charge in [0, 0.05) is 5.92 Å². The first-order valence-electron chi connectivity index (χ1n) is 6.26. The van der Waals surface area contributed by atoms with E-state index in [-0.39, 0.29) is 17.2 Å². The summed E-state index contributed by atoms with van der Waals surface area (Å²) in [4.78, 5) is 0. The molecule has 1 aliphatic carbocycles. The third kappa shape index (κ3) is 1.97. The molecule has 16 heavy (non-hydrogen) atoms. The number of hydrogen-bond acceptors (Lipinski definition) is 3. The highest BCUT2D eigenvalue weighted by Gasteiger charge is 2.56. The van der Waals surface area contributed by atoms with Gasteiger partial charge in [-0.05, 0) is 53.3 Å². The minimum absolute atomic E-state index is 0.0191. The molecule has 1 heterocycles. The van der Waals surface area contributed by atoms with E-state index in [0.717, 1.165) is 6.42 Å². The largest absolute Gasteiger partial charge is 0.410 e. The van der Waals surface area contributed by atoms with Crippen molar-refractivity contribution in [2.45, 2.75) is 70.4 Å². The average molecular weight is 240 g/mol. The highest BCUT2D eigenvalue weighted by Crippen LogP contribution is 2.50. The van der Waals surface area contributed by atoms with Gasteiger partial charge in [-0.3, -0.25) is 0 Å². The van der Waals surface area contributed by atoms with E-state index in [1.54, 1.807) is 0 Å². The van der Waals surface area contributed by atoms with Gasteiger partial charge in [-0.2, -0.15) is 10.2 Å². The average Bonchev–Trinajstić information content (AvgIpc) is 2.50. The van der Waals surface area contributed by atoms with Gasteiger partial charge in [0.1, 0.15) is 6.04 Å². The van der Waals surface area contributed by atoms with Crippen molar-refractivity contribution in [3.8, 4) is 0 Å². The predicted molar refractivity (Wildman–Crippen MR) is 68.3 cm³/mol. The Morgan fingerprint density at radius 1 is 1.19 bits per heavy atom. The third-order valence-corrected chi connectivity index (χ3v) is 4.92. The van der Waals surface area contributed by atoms with Gasteiger partial charge in [0.2, 0.25) is 0 Å². The Morgan fingerprint density at radius 2 is 1.81 bits per heavy atom. The molecule has 0 aromatic heterocycles. The van der Waals surface area contributed by atoms with Crippen LogP contribution in [0.3, 0.4) is 0 Å². The Bertz CT molecular complexity index is 321. The number of azo groups is 1. The Hall–Kier alpha value is -0.223. The van der Waals surface area contributed by atoms with E-state index in [9.17, 15) is 0 Å². The van der Waals surface area contributed by atoms with Crippen LogP contribution in [0.25, 0.3) is 0 Å². The maximum Gasteiger partial charge on any atom is 0.184 e. The molecule has 0 radical (unpaired) electrons. The number of hydrogen-bond donors (Lipinski definition) is 0. The highest BCUT2D eigenvalue weighted by atomic mass is 28.4. The molecular formula is C12H24N2OSi. The van der Waals surface area contributed by atoms with Crippen LogP contribution in [0, 0.1) is 5.92 Å². The smallest absolute Gasteiger partial charge is 0.184 e. The molecule has 0 aromatic carbocycles. The Kier molecular flexibility index (Phi) is 2.59. The zero-order valence-electron chi connectivity index (χ0n) is 11.4. The second kappa shape index (κ2) is 3.39. The van der Waals surface area contributed by atoms with E-state index in [0.29, 0.717) is 5.92 Å². The van der Waals surface area contributed by atoms with E-state index < -0.39 is 8.32 Å². The fourth-order valence-corrected chi connectivity index (χ4v) is 4.83. The summed E-state index contributed by atoms with van der Waals surface area (Å²) in [6.07, 6.45) is 2.33. The SMILES string of the molecule is CC1(C)N=N[C@@H]2[C@H]1CCC2(C)O[Si](C)(C)C. The third-order valence-electron chi connectivity index (χ3n) is 3.85. The lowest BCUT2D eigenvalue weighted by Crippen LogP contribution is -2.46. The first-order valence-corrected chi connectivity index (χ1v) is 9.67. The molecule has 0 amide bonds. The molecule has 0 saturated heterocycles. The van der Waals surface area contributed by atoms with Crippen molar-refractivity contribution in [1.29, 1.82) is 0 Å². The molecular weight excluding hydrogens is 216 g/mol. The Morgan fingerprint density at radius 3 is 2.38 bits per heavy atom. The van der Waals surface area contributed by atoms with E-state index >= 15 is 0 Å². The summed E-state index contributed by atoms with van der Waals surface area (Å²) in [5.74, 6) is 0.578. The summed E-state index contributed by atoms with van der Waals surface area (Å²) < 4.78 is 6.38. The summed E-state index contributed by atoms with van der Waals surface area (Å²) in [7, 11) is -1.50. The van der Waals surface area contributed by atoms with Gasteiger partial charge < -0.3 is 4.43 Å². The van der Waals surface area contributed by atoms with Crippen molar-refractivity contribution < 1.29 is 4.43 Å². The molecule has 0 bridgehead atoms. The monoisotopic (exact) mass is 240 g/mol. The van der Waals surface area contributed by atoms with Crippen LogP contribution in [-0.2, 0) is 4.43 Å². The number of rotatable bonds is 2. The predicted octanol–water partition coefficient (Wildman–Crippen LogP) is 3.62. The molecule has 3 nitrogen and oxygen atoms in total. The van der Waals surface area contributed by atoms with Crippen molar-refractivity contribution in [2.24, 2.45) is 16.1 Å². The van der Waals surface area contributed by atoms with Crippen molar-refractivity contribution in [2.75, 3.05) is 0 Å². The zero-order valence-corrected chi connectivity index (χ0v) is 12.4. The number of nitrogens with zero attached hydrogens (tertiary/aromatic N) is 2. The maximum atomic E-state index is 6.38.